The number of amides is 1. The number of carboxylic acids is 1. The van der Waals surface area contributed by atoms with Gasteiger partial charge in [-0.05, 0) is 45.4 Å². The van der Waals surface area contributed by atoms with Crippen LogP contribution in [0, 0.1) is 0 Å². The van der Waals surface area contributed by atoms with Crippen LogP contribution >= 0.6 is 0 Å². The van der Waals surface area contributed by atoms with Crippen molar-refractivity contribution in [2.24, 2.45) is 0 Å². The molecule has 122 valence electrons. The molecule has 0 radical (unpaired) electrons. The Bertz CT molecular complexity index is 729. The Morgan fingerprint density at radius 2 is 2.00 bits per heavy atom. The molecule has 0 aliphatic rings. The van der Waals surface area contributed by atoms with Gasteiger partial charge in [0.1, 0.15) is 0 Å². The van der Waals surface area contributed by atoms with Crippen LogP contribution in [0.25, 0.3) is 0 Å². The first-order valence-corrected chi connectivity index (χ1v) is 7.38. The Hall–Kier alpha value is -2.63. The first kappa shape index (κ1) is 16.7. The zero-order valence-electron chi connectivity index (χ0n) is 13.7. The van der Waals surface area contributed by atoms with E-state index in [-0.39, 0.29) is 11.4 Å². The molecule has 0 spiro atoms. The minimum atomic E-state index is -0.903. The van der Waals surface area contributed by atoms with Crippen molar-refractivity contribution in [3.05, 3.63) is 47.8 Å². The predicted octanol–water partition coefficient (Wildman–Crippen LogP) is 3.08. The molecular weight excluding hydrogens is 294 g/mol. The van der Waals surface area contributed by atoms with Gasteiger partial charge in [-0.2, -0.15) is 5.10 Å². The number of hydrogen-bond donors (Lipinski definition) is 2. The van der Waals surface area contributed by atoms with Gasteiger partial charge in [0, 0.05) is 11.9 Å². The first-order valence-electron chi connectivity index (χ1n) is 7.38. The zero-order chi connectivity index (χ0) is 17.2. The highest BCUT2D eigenvalue weighted by atomic mass is 16.4. The number of rotatable bonds is 4. The Balaban J connectivity index is 2.16. The van der Waals surface area contributed by atoms with Crippen molar-refractivity contribution >= 4 is 17.6 Å². The molecule has 0 saturated heterocycles. The van der Waals surface area contributed by atoms with Crippen LogP contribution in [0.2, 0.25) is 0 Å². The molecule has 0 aliphatic carbocycles. The van der Waals surface area contributed by atoms with Crippen LogP contribution in [-0.4, -0.2) is 26.8 Å². The van der Waals surface area contributed by atoms with Crippen LogP contribution in [-0.2, 0) is 10.3 Å². The first-order chi connectivity index (χ1) is 10.7. The second-order valence-electron chi connectivity index (χ2n) is 6.48. The van der Waals surface area contributed by atoms with Gasteiger partial charge < -0.3 is 10.4 Å². The van der Waals surface area contributed by atoms with Gasteiger partial charge in [-0.3, -0.25) is 14.3 Å². The maximum Gasteiger partial charge on any atom is 0.310 e. The summed E-state index contributed by atoms with van der Waals surface area (Å²) in [7, 11) is 0. The average molecular weight is 315 g/mol. The summed E-state index contributed by atoms with van der Waals surface area (Å²) >= 11 is 0. The van der Waals surface area contributed by atoms with Crippen molar-refractivity contribution in [1.82, 2.24) is 9.78 Å². The lowest BCUT2D eigenvalue weighted by Gasteiger charge is -2.18. The average Bonchev–Trinajstić information content (AvgIpc) is 2.96. The van der Waals surface area contributed by atoms with E-state index in [1.54, 1.807) is 42.1 Å². The number of carboxylic acid groups (broad SMARTS) is 1. The molecule has 0 aliphatic heterocycles. The van der Waals surface area contributed by atoms with Crippen LogP contribution < -0.4 is 5.32 Å². The molecule has 23 heavy (non-hydrogen) atoms. The number of carbonyl (C=O) groups is 2. The van der Waals surface area contributed by atoms with Crippen molar-refractivity contribution in [1.29, 1.82) is 0 Å². The lowest BCUT2D eigenvalue weighted by Crippen LogP contribution is -2.22. The summed E-state index contributed by atoms with van der Waals surface area (Å²) in [5.41, 5.74) is 1.46. The van der Waals surface area contributed by atoms with Crippen LogP contribution in [0.4, 0.5) is 5.69 Å². The molecule has 1 amide bonds. The van der Waals surface area contributed by atoms with Gasteiger partial charge in [0.2, 0.25) is 0 Å². The molecule has 1 unspecified atom stereocenters. The molecular formula is C17H21N3O3. The van der Waals surface area contributed by atoms with E-state index in [0.717, 1.165) is 0 Å². The third kappa shape index (κ3) is 3.97. The number of benzene rings is 1. The molecule has 0 fully saturated rings. The third-order valence-electron chi connectivity index (χ3n) is 3.55. The normalized spacial score (nSPS) is 12.7. The lowest BCUT2D eigenvalue weighted by atomic mass is 10.0. The van der Waals surface area contributed by atoms with E-state index in [4.69, 9.17) is 5.11 Å². The number of nitrogens with one attached hydrogen (secondary N) is 1. The van der Waals surface area contributed by atoms with Gasteiger partial charge >= 0.3 is 5.97 Å². The maximum absolute atomic E-state index is 12.3. The molecule has 1 heterocycles. The van der Waals surface area contributed by atoms with Gasteiger partial charge in [0.05, 0.1) is 23.2 Å². The van der Waals surface area contributed by atoms with E-state index >= 15 is 0 Å². The topological polar surface area (TPSA) is 84.2 Å². The summed E-state index contributed by atoms with van der Waals surface area (Å²) < 4.78 is 1.73. The quantitative estimate of drug-likeness (QED) is 0.908. The summed E-state index contributed by atoms with van der Waals surface area (Å²) in [6.45, 7) is 7.60. The van der Waals surface area contributed by atoms with Crippen molar-refractivity contribution in [3.63, 3.8) is 0 Å². The monoisotopic (exact) mass is 315 g/mol. The molecule has 1 aromatic heterocycles. The van der Waals surface area contributed by atoms with E-state index < -0.39 is 11.9 Å². The van der Waals surface area contributed by atoms with Gasteiger partial charge in [0.25, 0.3) is 5.91 Å². The van der Waals surface area contributed by atoms with Gasteiger partial charge in [0.15, 0.2) is 0 Å². The van der Waals surface area contributed by atoms with Crippen molar-refractivity contribution in [2.45, 2.75) is 39.2 Å². The standard InChI is InChI=1S/C17H21N3O3/c1-11(16(22)23)12-6-5-7-14(8-12)19-15(21)13-9-18-20(10-13)17(2,3)4/h5-11H,1-4H3,(H,19,21)(H,22,23). The SMILES string of the molecule is CC(C(=O)O)c1cccc(NC(=O)c2cnn(C(C)(C)C)c2)c1. The van der Waals surface area contributed by atoms with E-state index in [1.807, 2.05) is 20.8 Å². The number of hydrogen-bond acceptors (Lipinski definition) is 3. The fourth-order valence-electron chi connectivity index (χ4n) is 2.04. The molecule has 6 heteroatoms. The number of carbonyl (C=O) groups excluding carboxylic acids is 1. The summed E-state index contributed by atoms with van der Waals surface area (Å²) in [4.78, 5) is 23.3. The largest absolute Gasteiger partial charge is 0.481 e. The number of aliphatic carboxylic acids is 1. The van der Waals surface area contributed by atoms with E-state index in [9.17, 15) is 9.59 Å². The van der Waals surface area contributed by atoms with E-state index in [2.05, 4.69) is 10.4 Å². The second kappa shape index (κ2) is 6.24. The van der Waals surface area contributed by atoms with Gasteiger partial charge in [-0.15, -0.1) is 0 Å². The molecule has 0 bridgehead atoms. The van der Waals surface area contributed by atoms with Crippen molar-refractivity contribution in [2.75, 3.05) is 5.32 Å². The van der Waals surface area contributed by atoms with Crippen LogP contribution in [0.1, 0.15) is 49.5 Å². The van der Waals surface area contributed by atoms with Crippen molar-refractivity contribution < 1.29 is 14.7 Å². The minimum Gasteiger partial charge on any atom is -0.481 e. The summed E-state index contributed by atoms with van der Waals surface area (Å²) in [6, 6.07) is 6.85. The molecule has 6 nitrogen and oxygen atoms in total. The number of aromatic nitrogens is 2. The van der Waals surface area contributed by atoms with Gasteiger partial charge in [-0.25, -0.2) is 0 Å². The predicted molar refractivity (Wildman–Crippen MR) is 87.7 cm³/mol. The molecule has 0 saturated carbocycles. The van der Waals surface area contributed by atoms with E-state index in [1.165, 1.54) is 6.20 Å². The molecule has 1 atom stereocenters. The highest BCUT2D eigenvalue weighted by Crippen LogP contribution is 2.20. The summed E-state index contributed by atoms with van der Waals surface area (Å²) in [5, 5.41) is 16.0. The maximum atomic E-state index is 12.3. The zero-order valence-corrected chi connectivity index (χ0v) is 13.7. The Labute approximate surface area is 135 Å². The summed E-state index contributed by atoms with van der Waals surface area (Å²) in [6.07, 6.45) is 3.21. The molecule has 2 rings (SSSR count). The van der Waals surface area contributed by atoms with Crippen LogP contribution in [0.3, 0.4) is 0 Å². The van der Waals surface area contributed by atoms with Crippen LogP contribution in [0.15, 0.2) is 36.7 Å². The summed E-state index contributed by atoms with van der Waals surface area (Å²) in [5.74, 6) is -1.81. The molecule has 2 aromatic rings. The van der Waals surface area contributed by atoms with E-state index in [0.29, 0.717) is 16.8 Å². The number of nitrogens with zero attached hydrogens (tertiary/aromatic N) is 2. The Kier molecular flexibility index (Phi) is 4.54. The Morgan fingerprint density at radius 1 is 1.30 bits per heavy atom. The molecule has 2 N–H and O–H groups in total. The number of anilines is 1. The fraction of sp³-hybridized carbons (Fsp3) is 0.353. The molecule has 1 aromatic carbocycles. The smallest absolute Gasteiger partial charge is 0.310 e. The second-order valence-corrected chi connectivity index (χ2v) is 6.48. The third-order valence-corrected chi connectivity index (χ3v) is 3.55. The lowest BCUT2D eigenvalue weighted by molar-refractivity contribution is -0.138. The Morgan fingerprint density at radius 3 is 2.57 bits per heavy atom. The van der Waals surface area contributed by atoms with Gasteiger partial charge in [-0.1, -0.05) is 12.1 Å². The van der Waals surface area contributed by atoms with Crippen molar-refractivity contribution in [3.8, 4) is 0 Å². The minimum absolute atomic E-state index is 0.199. The highest BCUT2D eigenvalue weighted by Gasteiger charge is 2.18. The fourth-order valence-corrected chi connectivity index (χ4v) is 2.04. The highest BCUT2D eigenvalue weighted by molar-refractivity contribution is 6.04. The van der Waals surface area contributed by atoms with Crippen LogP contribution in [0.5, 0.6) is 0 Å².